The van der Waals surface area contributed by atoms with Crippen LogP contribution in [0.1, 0.15) is 99.0 Å². The number of aliphatic hydroxyl groups excluding tert-OH is 1. The van der Waals surface area contributed by atoms with Crippen LogP contribution < -0.4 is 10.5 Å². The van der Waals surface area contributed by atoms with Gasteiger partial charge >= 0.3 is 0 Å². The molecule has 4 N–H and O–H groups in total. The molecule has 35 heavy (non-hydrogen) atoms. The summed E-state index contributed by atoms with van der Waals surface area (Å²) >= 11 is 0. The third-order valence-electron chi connectivity index (χ3n) is 5.18. The molecule has 1 heterocycles. The van der Waals surface area contributed by atoms with Gasteiger partial charge < -0.3 is 20.7 Å². The lowest BCUT2D eigenvalue weighted by Gasteiger charge is -2.10. The Balaban J connectivity index is 0. The highest BCUT2D eigenvalue weighted by Crippen LogP contribution is 2.28. The monoisotopic (exact) mass is 495 g/mol. The summed E-state index contributed by atoms with van der Waals surface area (Å²) in [5.74, 6) is 0.651. The van der Waals surface area contributed by atoms with Gasteiger partial charge in [-0.2, -0.15) is 0 Å². The number of halogens is 1. The van der Waals surface area contributed by atoms with Gasteiger partial charge in [0.05, 0.1) is 30.6 Å². The highest BCUT2D eigenvalue weighted by molar-refractivity contribution is 6.48. The summed E-state index contributed by atoms with van der Waals surface area (Å²) in [6, 6.07) is 2.52. The number of phenols is 1. The van der Waals surface area contributed by atoms with Crippen LogP contribution in [0.15, 0.2) is 34.0 Å². The number of nitrogens with two attached hydrogens (primary N) is 1. The van der Waals surface area contributed by atoms with Crippen molar-refractivity contribution in [1.82, 2.24) is 0 Å². The Kier molecular flexibility index (Phi) is 21.9. The van der Waals surface area contributed by atoms with E-state index in [0.717, 1.165) is 12.3 Å². The Morgan fingerprint density at radius 2 is 1.74 bits per heavy atom. The van der Waals surface area contributed by atoms with Crippen molar-refractivity contribution in [1.29, 1.82) is 0 Å². The number of unbranched alkanes of at least 4 members (excludes halogenated alkanes) is 3. The van der Waals surface area contributed by atoms with Crippen molar-refractivity contribution in [3.8, 4) is 11.5 Å². The summed E-state index contributed by atoms with van der Waals surface area (Å²) in [6.45, 7) is 15.1. The smallest absolute Gasteiger partial charge is 0.140 e. The Bertz CT molecular complexity index is 752. The van der Waals surface area contributed by atoms with E-state index >= 15 is 0 Å². The van der Waals surface area contributed by atoms with Gasteiger partial charge in [-0.3, -0.25) is 4.99 Å². The van der Waals surface area contributed by atoms with E-state index in [9.17, 15) is 9.50 Å². The second-order valence-electron chi connectivity index (χ2n) is 8.11. The Morgan fingerprint density at radius 3 is 2.23 bits per heavy atom. The zero-order valence-corrected chi connectivity index (χ0v) is 23.3. The summed E-state index contributed by atoms with van der Waals surface area (Å²) in [5.41, 5.74) is 6.35. The van der Waals surface area contributed by atoms with Crippen molar-refractivity contribution in [2.45, 2.75) is 93.4 Å². The van der Waals surface area contributed by atoms with Crippen molar-refractivity contribution >= 4 is 11.4 Å². The number of phenolic OH excluding ortho intramolecular Hbond substituents is 1. The summed E-state index contributed by atoms with van der Waals surface area (Å²) in [4.78, 5) is 8.27. The number of nitrogens with zero attached hydrogens (tertiary/aromatic N) is 2. The minimum absolute atomic E-state index is 0.00477. The molecular weight excluding hydrogens is 445 g/mol. The van der Waals surface area contributed by atoms with E-state index in [0.29, 0.717) is 18.1 Å². The average molecular weight is 496 g/mol. The number of aromatic hydroxyl groups is 1. The first-order valence-electron chi connectivity index (χ1n) is 13.0. The van der Waals surface area contributed by atoms with Gasteiger partial charge in [0.2, 0.25) is 0 Å². The van der Waals surface area contributed by atoms with Gasteiger partial charge in [-0.25, -0.2) is 9.38 Å². The standard InChI is InChI=1S/C13H14FN3O2.C10H22.C3H8O.C2H6/c1-7-13(16-4-3-11(15)17-7)12-9(14)5-8(19-2)6-10(12)18;1-4-6-7-8-9-10(3)5-2;1-2-3-4;1-2/h3,5-6,18H,4,15H2,1-2H3;10H,4-9H2,1-3H3;4H,2-3H2,1H3;1-2H3. The van der Waals surface area contributed by atoms with Gasteiger partial charge in [-0.1, -0.05) is 80.1 Å². The third kappa shape index (κ3) is 15.2. The number of methoxy groups -OCH3 is 1. The van der Waals surface area contributed by atoms with Crippen molar-refractivity contribution in [3.63, 3.8) is 0 Å². The summed E-state index contributed by atoms with van der Waals surface area (Å²) in [5, 5.41) is 17.8. The quantitative estimate of drug-likeness (QED) is 0.320. The third-order valence-corrected chi connectivity index (χ3v) is 5.18. The Labute approximate surface area is 213 Å². The fourth-order valence-corrected chi connectivity index (χ4v) is 2.94. The molecule has 1 unspecified atom stereocenters. The topological polar surface area (TPSA) is 100 Å². The van der Waals surface area contributed by atoms with E-state index in [1.165, 1.54) is 57.8 Å². The van der Waals surface area contributed by atoms with Crippen molar-refractivity contribution in [2.24, 2.45) is 21.6 Å². The normalized spacial score (nSPS) is 13.1. The summed E-state index contributed by atoms with van der Waals surface area (Å²) in [6.07, 6.45) is 11.0. The number of benzene rings is 1. The SMILES string of the molecule is CC.CCCCCCC(C)CC.CCCO.COc1cc(O)c(C2=NCC=C(N)N=C2C)c(F)c1. The van der Waals surface area contributed by atoms with Crippen LogP contribution in [0.25, 0.3) is 0 Å². The summed E-state index contributed by atoms with van der Waals surface area (Å²) < 4.78 is 18.9. The van der Waals surface area contributed by atoms with Crippen molar-refractivity contribution in [2.75, 3.05) is 20.3 Å². The molecule has 7 heteroatoms. The van der Waals surface area contributed by atoms with E-state index in [1.807, 2.05) is 20.8 Å². The fraction of sp³-hybridized carbons (Fsp3) is 0.643. The van der Waals surface area contributed by atoms with Crippen molar-refractivity contribution < 1.29 is 19.3 Å². The van der Waals surface area contributed by atoms with Crippen LogP contribution in [0, 0.1) is 11.7 Å². The zero-order chi connectivity index (χ0) is 27.2. The molecule has 0 aromatic heterocycles. The first kappa shape index (κ1) is 34.8. The van der Waals surface area contributed by atoms with Crippen LogP contribution in [0.4, 0.5) is 4.39 Å². The van der Waals surface area contributed by atoms with Gasteiger partial charge in [-0.05, 0) is 25.3 Å². The van der Waals surface area contributed by atoms with Crippen LogP contribution in [0.5, 0.6) is 11.5 Å². The lowest BCUT2D eigenvalue weighted by atomic mass is 10.0. The molecule has 202 valence electrons. The largest absolute Gasteiger partial charge is 0.507 e. The van der Waals surface area contributed by atoms with E-state index in [2.05, 4.69) is 30.8 Å². The second kappa shape index (κ2) is 22.1. The molecule has 2 rings (SSSR count). The van der Waals surface area contributed by atoms with Crippen molar-refractivity contribution in [3.05, 3.63) is 35.4 Å². The van der Waals surface area contributed by atoms with Crippen LogP contribution in [0.2, 0.25) is 0 Å². The maximum atomic E-state index is 14.1. The number of ether oxygens (including phenoxy) is 1. The van der Waals surface area contributed by atoms with Crippen LogP contribution in [0.3, 0.4) is 0 Å². The lowest BCUT2D eigenvalue weighted by Crippen LogP contribution is -2.15. The second-order valence-corrected chi connectivity index (χ2v) is 8.11. The highest BCUT2D eigenvalue weighted by atomic mass is 19.1. The molecular formula is C28H50FN3O3. The molecule has 0 amide bonds. The van der Waals surface area contributed by atoms with Gasteiger partial charge in [-0.15, -0.1) is 0 Å². The fourth-order valence-electron chi connectivity index (χ4n) is 2.94. The van der Waals surface area contributed by atoms with Gasteiger partial charge in [0, 0.05) is 18.7 Å². The Hall–Kier alpha value is -2.41. The molecule has 1 aromatic rings. The predicted molar refractivity (Wildman–Crippen MR) is 148 cm³/mol. The zero-order valence-electron chi connectivity index (χ0n) is 23.3. The number of hydrogen-bond acceptors (Lipinski definition) is 6. The minimum atomic E-state index is -0.620. The molecule has 1 aromatic carbocycles. The molecule has 0 bridgehead atoms. The summed E-state index contributed by atoms with van der Waals surface area (Å²) in [7, 11) is 1.40. The predicted octanol–water partition coefficient (Wildman–Crippen LogP) is 7.02. The van der Waals surface area contributed by atoms with Gasteiger partial charge in [0.25, 0.3) is 0 Å². The van der Waals surface area contributed by atoms with E-state index in [4.69, 9.17) is 15.6 Å². The molecule has 1 aliphatic rings. The molecule has 0 radical (unpaired) electrons. The number of hydrogen-bond donors (Lipinski definition) is 3. The molecule has 0 aliphatic carbocycles. The van der Waals surface area contributed by atoms with Gasteiger partial charge in [0.1, 0.15) is 23.1 Å². The number of aliphatic imine (C=N–C) groups is 2. The highest BCUT2D eigenvalue weighted by Gasteiger charge is 2.20. The molecule has 6 nitrogen and oxygen atoms in total. The molecule has 0 spiro atoms. The van der Waals surface area contributed by atoms with Gasteiger partial charge in [0.15, 0.2) is 0 Å². The maximum absolute atomic E-state index is 14.1. The van der Waals surface area contributed by atoms with Crippen LogP contribution >= 0.6 is 0 Å². The molecule has 1 aliphatic heterocycles. The van der Waals surface area contributed by atoms with Crippen LogP contribution in [-0.4, -0.2) is 41.9 Å². The molecule has 0 fully saturated rings. The van der Waals surface area contributed by atoms with Crippen LogP contribution in [-0.2, 0) is 0 Å². The molecule has 0 saturated heterocycles. The minimum Gasteiger partial charge on any atom is -0.507 e. The number of rotatable bonds is 9. The first-order chi connectivity index (χ1) is 16.7. The van der Waals surface area contributed by atoms with E-state index in [-0.39, 0.29) is 29.3 Å². The van der Waals surface area contributed by atoms with E-state index in [1.54, 1.807) is 13.0 Å². The average Bonchev–Trinajstić information content (AvgIpc) is 3.02. The molecule has 1 atom stereocenters. The van der Waals surface area contributed by atoms with E-state index < -0.39 is 5.82 Å². The first-order valence-corrected chi connectivity index (χ1v) is 13.0. The number of aliphatic hydroxyl groups is 1. The maximum Gasteiger partial charge on any atom is 0.140 e. The molecule has 0 saturated carbocycles. The lowest BCUT2D eigenvalue weighted by molar-refractivity contribution is 0.295. The Morgan fingerprint density at radius 1 is 1.11 bits per heavy atom.